The van der Waals surface area contributed by atoms with Gasteiger partial charge in [0.05, 0.1) is 12.9 Å². The topological polar surface area (TPSA) is 52.6 Å². The highest BCUT2D eigenvalue weighted by molar-refractivity contribution is 7.86. The third kappa shape index (κ3) is 7.04. The summed E-state index contributed by atoms with van der Waals surface area (Å²) in [5.74, 6) is 4.53. The minimum absolute atomic E-state index is 0.0321. The van der Waals surface area contributed by atoms with Crippen LogP contribution in [0.3, 0.4) is 0 Å². The molecule has 0 amide bonds. The lowest BCUT2D eigenvalue weighted by atomic mass is 10.1. The minimum Gasteiger partial charge on any atom is -0.412 e. The number of hydrogen-bond acceptors (Lipinski definition) is 4. The van der Waals surface area contributed by atoms with E-state index in [-0.39, 0.29) is 23.0 Å². The van der Waals surface area contributed by atoms with Crippen LogP contribution in [-0.2, 0) is 18.7 Å². The summed E-state index contributed by atoms with van der Waals surface area (Å²) in [6.07, 6.45) is -2.83. The predicted octanol–water partition coefficient (Wildman–Crippen LogP) is 5.65. The van der Waals surface area contributed by atoms with Crippen LogP contribution in [-0.4, -0.2) is 41.4 Å². The van der Waals surface area contributed by atoms with Gasteiger partial charge in [-0.25, -0.2) is 4.18 Å². The van der Waals surface area contributed by atoms with Crippen LogP contribution in [0.25, 0.3) is 0 Å². The van der Waals surface area contributed by atoms with E-state index in [9.17, 15) is 21.6 Å². The summed E-state index contributed by atoms with van der Waals surface area (Å²) in [5.41, 5.74) is -3.11. The molecule has 0 fully saturated rings. The van der Waals surface area contributed by atoms with Crippen LogP contribution in [0.15, 0.2) is 0 Å². The molecule has 28 heavy (non-hydrogen) atoms. The van der Waals surface area contributed by atoms with Gasteiger partial charge in [-0.05, 0) is 23.0 Å². The quantitative estimate of drug-likeness (QED) is 0.189. The summed E-state index contributed by atoms with van der Waals surface area (Å²) in [5, 5.41) is 0. The van der Waals surface area contributed by atoms with Crippen LogP contribution in [0.4, 0.5) is 13.2 Å². The summed E-state index contributed by atoms with van der Waals surface area (Å²) in [7, 11) is -7.11. The minimum atomic E-state index is -5.03. The Morgan fingerprint density at radius 3 is 1.79 bits per heavy atom. The Morgan fingerprint density at radius 2 is 1.46 bits per heavy atom. The first-order valence-electron chi connectivity index (χ1n) is 9.67. The van der Waals surface area contributed by atoms with Gasteiger partial charge in [0.2, 0.25) is 8.32 Å². The number of unbranched alkanes of at least 4 members (excludes halogenated alkanes) is 2. The molecule has 0 heterocycles. The zero-order valence-corrected chi connectivity index (χ0v) is 20.1. The second-order valence-corrected chi connectivity index (χ2v) is 15.2. The van der Waals surface area contributed by atoms with Crippen LogP contribution in [0.1, 0.15) is 67.7 Å². The average Bonchev–Trinajstić information content (AvgIpc) is 2.48. The molecular weight excluding hydrogens is 409 g/mol. The van der Waals surface area contributed by atoms with E-state index >= 15 is 0 Å². The number of halogens is 3. The monoisotopic (exact) mass is 444 g/mol. The van der Waals surface area contributed by atoms with E-state index in [1.165, 1.54) is 0 Å². The molecule has 0 rings (SSSR count). The fraction of sp³-hybridized carbons (Fsp3) is 0.895. The Hall–Kier alpha value is -0.563. The Morgan fingerprint density at radius 1 is 1.00 bits per heavy atom. The predicted molar refractivity (Wildman–Crippen MR) is 109 cm³/mol. The zero-order valence-electron chi connectivity index (χ0n) is 18.2. The molecule has 0 aliphatic heterocycles. The molecule has 1 atom stereocenters. The second-order valence-electron chi connectivity index (χ2n) is 8.12. The summed E-state index contributed by atoms with van der Waals surface area (Å²) >= 11 is 0. The zero-order chi connectivity index (χ0) is 22.4. The van der Waals surface area contributed by atoms with E-state index in [0.29, 0.717) is 12.7 Å². The van der Waals surface area contributed by atoms with Gasteiger partial charge in [0, 0.05) is 6.42 Å². The van der Waals surface area contributed by atoms with Crippen molar-refractivity contribution in [2.24, 2.45) is 0 Å². The summed E-state index contributed by atoms with van der Waals surface area (Å²) < 4.78 is 76.1. The van der Waals surface area contributed by atoms with Crippen molar-refractivity contribution in [3.05, 3.63) is 0 Å². The van der Waals surface area contributed by atoms with E-state index in [2.05, 4.69) is 16.0 Å². The molecule has 0 bridgehead atoms. The molecule has 0 aliphatic carbocycles. The van der Waals surface area contributed by atoms with Crippen LogP contribution in [0.2, 0.25) is 16.6 Å². The maximum atomic E-state index is 14.0. The lowest BCUT2D eigenvalue weighted by Crippen LogP contribution is -2.57. The Labute approximate surface area is 169 Å². The van der Waals surface area contributed by atoms with Crippen molar-refractivity contribution in [2.75, 3.05) is 12.9 Å². The van der Waals surface area contributed by atoms with Crippen LogP contribution in [0.5, 0.6) is 0 Å². The fourth-order valence-corrected chi connectivity index (χ4v) is 9.89. The van der Waals surface area contributed by atoms with E-state index < -0.39 is 36.8 Å². The van der Waals surface area contributed by atoms with Crippen molar-refractivity contribution in [1.29, 1.82) is 0 Å². The maximum absolute atomic E-state index is 14.0. The van der Waals surface area contributed by atoms with Crippen molar-refractivity contribution >= 4 is 18.4 Å². The van der Waals surface area contributed by atoms with E-state index in [4.69, 9.17) is 4.43 Å². The SMILES string of the molecule is CCCCC#C[C@](CO[Si](C(C)C)(C(C)C)C(C)C)(OS(C)(=O)=O)C(F)(F)F. The molecule has 0 saturated heterocycles. The number of hydrogen-bond donors (Lipinski definition) is 0. The Kier molecular flexibility index (Phi) is 10.3. The molecule has 0 spiro atoms. The third-order valence-electron chi connectivity index (χ3n) is 4.93. The highest BCUT2D eigenvalue weighted by atomic mass is 32.2. The lowest BCUT2D eigenvalue weighted by molar-refractivity contribution is -0.232. The van der Waals surface area contributed by atoms with Gasteiger partial charge in [-0.3, -0.25) is 0 Å². The number of alkyl halides is 3. The van der Waals surface area contributed by atoms with Gasteiger partial charge in [0.25, 0.3) is 15.7 Å². The molecule has 0 aromatic rings. The molecule has 0 radical (unpaired) electrons. The molecule has 0 aliphatic rings. The highest BCUT2D eigenvalue weighted by Gasteiger charge is 2.60. The van der Waals surface area contributed by atoms with E-state index in [1.807, 2.05) is 48.5 Å². The molecule has 0 N–H and O–H groups in total. The van der Waals surface area contributed by atoms with E-state index in [1.54, 1.807) is 0 Å². The molecular formula is C19H35F3O4SSi. The Balaban J connectivity index is 6.26. The molecule has 0 saturated carbocycles. The van der Waals surface area contributed by atoms with Gasteiger partial charge in [0.15, 0.2) is 0 Å². The first kappa shape index (κ1) is 27.4. The lowest BCUT2D eigenvalue weighted by Gasteiger charge is -2.44. The molecule has 9 heteroatoms. The maximum Gasteiger partial charge on any atom is 0.432 e. The van der Waals surface area contributed by atoms with Gasteiger partial charge in [0.1, 0.15) is 0 Å². The normalized spacial score (nSPS) is 15.6. The van der Waals surface area contributed by atoms with Gasteiger partial charge in [-0.15, -0.1) is 0 Å². The van der Waals surface area contributed by atoms with Gasteiger partial charge < -0.3 is 4.43 Å². The summed E-state index contributed by atoms with van der Waals surface area (Å²) in [6, 6.07) is 0. The first-order chi connectivity index (χ1) is 12.6. The van der Waals surface area contributed by atoms with Crippen molar-refractivity contribution in [3.63, 3.8) is 0 Å². The molecule has 0 unspecified atom stereocenters. The Bertz CT molecular complexity index is 627. The van der Waals surface area contributed by atoms with Crippen molar-refractivity contribution in [3.8, 4) is 11.8 Å². The van der Waals surface area contributed by atoms with Gasteiger partial charge in [-0.2, -0.15) is 21.6 Å². The van der Waals surface area contributed by atoms with E-state index in [0.717, 1.165) is 6.42 Å². The third-order valence-corrected chi connectivity index (χ3v) is 11.6. The molecule has 4 nitrogen and oxygen atoms in total. The summed E-state index contributed by atoms with van der Waals surface area (Å²) in [6.45, 7) is 12.6. The average molecular weight is 445 g/mol. The van der Waals surface area contributed by atoms with Crippen LogP contribution >= 0.6 is 0 Å². The molecule has 166 valence electrons. The summed E-state index contributed by atoms with van der Waals surface area (Å²) in [4.78, 5) is 0. The van der Waals surface area contributed by atoms with Crippen molar-refractivity contribution < 1.29 is 30.2 Å². The first-order valence-corrected chi connectivity index (χ1v) is 13.6. The van der Waals surface area contributed by atoms with Crippen molar-refractivity contribution in [1.82, 2.24) is 0 Å². The highest BCUT2D eigenvalue weighted by Crippen LogP contribution is 2.44. The molecule has 0 aromatic carbocycles. The largest absolute Gasteiger partial charge is 0.432 e. The van der Waals surface area contributed by atoms with Crippen LogP contribution < -0.4 is 0 Å². The smallest absolute Gasteiger partial charge is 0.412 e. The number of rotatable bonds is 10. The molecule has 0 aromatic heterocycles. The standard InChI is InChI=1S/C19H35F3O4SSi/c1-9-10-11-12-13-18(19(20,21)22,26-27(8,23)24)14-25-28(15(2)3,16(4)5)17(6)7/h15-17H,9-11,14H2,1-8H3/t18-/m1/s1. The van der Waals surface area contributed by atoms with Gasteiger partial charge in [-0.1, -0.05) is 66.7 Å². The fourth-order valence-electron chi connectivity index (χ4n) is 3.74. The van der Waals surface area contributed by atoms with Crippen LogP contribution in [0, 0.1) is 11.8 Å². The van der Waals surface area contributed by atoms with Gasteiger partial charge >= 0.3 is 6.18 Å². The second kappa shape index (κ2) is 10.5. The van der Waals surface area contributed by atoms with Crippen molar-refractivity contribution in [2.45, 2.75) is 96.1 Å².